The highest BCUT2D eigenvalue weighted by Gasteiger charge is 2.17. The van der Waals surface area contributed by atoms with E-state index in [0.29, 0.717) is 17.1 Å². The van der Waals surface area contributed by atoms with Gasteiger partial charge in [-0.2, -0.15) is 0 Å². The molecule has 38 heavy (non-hydrogen) atoms. The Balaban J connectivity index is 1.86. The first-order chi connectivity index (χ1) is 18.6. The Kier molecular flexibility index (Phi) is 16.5. The van der Waals surface area contributed by atoms with Crippen LogP contribution in [0.15, 0.2) is 48.5 Å². The Bertz CT molecular complexity index is 876. The zero-order valence-electron chi connectivity index (χ0n) is 24.5. The topological polar surface area (TPSA) is 44.8 Å². The highest BCUT2D eigenvalue weighted by Crippen LogP contribution is 2.30. The quantitative estimate of drug-likeness (QED) is 0.0925. The second-order valence-electron chi connectivity index (χ2n) is 10.5. The molecule has 0 radical (unpaired) electrons. The molecule has 2 aromatic carbocycles. The SMILES string of the molecule is CCCCCCCCCCCC(CCC)Oc1ccccc1OC(=O)c1ccc(C(C)OCCCC)cc1. The molecule has 2 rings (SSSR count). The second-order valence-corrected chi connectivity index (χ2v) is 10.5. The molecule has 0 heterocycles. The minimum atomic E-state index is -0.377. The lowest BCUT2D eigenvalue weighted by Crippen LogP contribution is -2.17. The zero-order chi connectivity index (χ0) is 27.4. The molecule has 0 fully saturated rings. The lowest BCUT2D eigenvalue weighted by atomic mass is 10.0. The first-order valence-corrected chi connectivity index (χ1v) is 15.3. The Morgan fingerprint density at radius 2 is 1.29 bits per heavy atom. The standard InChI is InChI=1S/C34H52O4/c1-5-8-10-11-12-13-14-15-16-20-31(19-7-3)37-32-21-17-18-22-33(32)38-34(35)30-25-23-29(24-26-30)28(4)36-27-9-6-2/h17-18,21-26,28,31H,5-16,19-20,27H2,1-4H3. The van der Waals surface area contributed by atoms with Crippen molar-refractivity contribution in [2.45, 2.75) is 130 Å². The summed E-state index contributed by atoms with van der Waals surface area (Å²) < 4.78 is 18.1. The monoisotopic (exact) mass is 524 g/mol. The van der Waals surface area contributed by atoms with Crippen LogP contribution in [0.25, 0.3) is 0 Å². The first kappa shape index (κ1) is 31.9. The molecule has 0 bridgehead atoms. The molecule has 0 saturated heterocycles. The van der Waals surface area contributed by atoms with Crippen LogP contribution in [0.2, 0.25) is 0 Å². The van der Waals surface area contributed by atoms with E-state index in [9.17, 15) is 4.79 Å². The van der Waals surface area contributed by atoms with Crippen molar-refractivity contribution in [3.63, 3.8) is 0 Å². The normalized spacial score (nSPS) is 12.7. The van der Waals surface area contributed by atoms with Gasteiger partial charge in [0.25, 0.3) is 0 Å². The lowest BCUT2D eigenvalue weighted by Gasteiger charge is -2.20. The fourth-order valence-corrected chi connectivity index (χ4v) is 4.63. The average molecular weight is 525 g/mol. The van der Waals surface area contributed by atoms with E-state index in [2.05, 4.69) is 20.8 Å². The predicted octanol–water partition coefficient (Wildman–Crippen LogP) is 10.3. The number of para-hydroxylation sites is 2. The van der Waals surface area contributed by atoms with Gasteiger partial charge in [-0.1, -0.05) is 109 Å². The van der Waals surface area contributed by atoms with Crippen LogP contribution in [0.1, 0.15) is 140 Å². The molecular weight excluding hydrogens is 472 g/mol. The first-order valence-electron chi connectivity index (χ1n) is 15.3. The van der Waals surface area contributed by atoms with Crippen LogP contribution in [-0.4, -0.2) is 18.7 Å². The molecule has 0 N–H and O–H groups in total. The molecule has 4 nitrogen and oxygen atoms in total. The third-order valence-electron chi connectivity index (χ3n) is 7.07. The van der Waals surface area contributed by atoms with Crippen LogP contribution in [0, 0.1) is 0 Å². The summed E-state index contributed by atoms with van der Waals surface area (Å²) in [5, 5.41) is 0. The molecule has 0 aliphatic heterocycles. The van der Waals surface area contributed by atoms with Crippen LogP contribution in [0.4, 0.5) is 0 Å². The summed E-state index contributed by atoms with van der Waals surface area (Å²) in [6, 6.07) is 15.0. The van der Waals surface area contributed by atoms with Gasteiger partial charge in [-0.15, -0.1) is 0 Å². The van der Waals surface area contributed by atoms with Crippen molar-refractivity contribution in [3.05, 3.63) is 59.7 Å². The van der Waals surface area contributed by atoms with E-state index in [1.165, 1.54) is 57.8 Å². The Morgan fingerprint density at radius 1 is 0.684 bits per heavy atom. The smallest absolute Gasteiger partial charge is 0.343 e. The molecule has 0 spiro atoms. The van der Waals surface area contributed by atoms with Crippen molar-refractivity contribution in [2.75, 3.05) is 6.61 Å². The molecule has 2 aromatic rings. The van der Waals surface area contributed by atoms with Crippen LogP contribution in [0.3, 0.4) is 0 Å². The molecule has 212 valence electrons. The van der Waals surface area contributed by atoms with Crippen LogP contribution in [0.5, 0.6) is 11.5 Å². The maximum atomic E-state index is 12.9. The third-order valence-corrected chi connectivity index (χ3v) is 7.07. The number of hydrogen-bond donors (Lipinski definition) is 0. The fraction of sp³-hybridized carbons (Fsp3) is 0.618. The van der Waals surface area contributed by atoms with E-state index in [-0.39, 0.29) is 18.2 Å². The Hall–Kier alpha value is -2.33. The largest absolute Gasteiger partial charge is 0.487 e. The molecule has 0 saturated carbocycles. The highest BCUT2D eigenvalue weighted by molar-refractivity contribution is 5.91. The molecule has 0 amide bonds. The van der Waals surface area contributed by atoms with Crippen molar-refractivity contribution >= 4 is 5.97 Å². The number of carbonyl (C=O) groups is 1. The zero-order valence-corrected chi connectivity index (χ0v) is 24.5. The van der Waals surface area contributed by atoms with Gasteiger partial charge in [0.1, 0.15) is 0 Å². The third kappa shape index (κ3) is 12.5. The second kappa shape index (κ2) is 19.7. The summed E-state index contributed by atoms with van der Waals surface area (Å²) in [6.07, 6.45) is 17.3. The molecule has 0 aromatic heterocycles. The highest BCUT2D eigenvalue weighted by atomic mass is 16.6. The fourth-order valence-electron chi connectivity index (χ4n) is 4.63. The van der Waals surface area contributed by atoms with Crippen molar-refractivity contribution in [1.29, 1.82) is 0 Å². The van der Waals surface area contributed by atoms with E-state index < -0.39 is 0 Å². The molecule has 0 aliphatic rings. The number of rotatable bonds is 21. The van der Waals surface area contributed by atoms with E-state index in [1.807, 2.05) is 55.5 Å². The average Bonchev–Trinajstić information content (AvgIpc) is 2.93. The number of esters is 1. The van der Waals surface area contributed by atoms with Gasteiger partial charge in [0.05, 0.1) is 17.8 Å². The van der Waals surface area contributed by atoms with Gasteiger partial charge in [0.15, 0.2) is 11.5 Å². The molecule has 4 heteroatoms. The number of hydrogen-bond acceptors (Lipinski definition) is 4. The van der Waals surface area contributed by atoms with Crippen molar-refractivity contribution < 1.29 is 19.0 Å². The molecule has 2 unspecified atom stereocenters. The lowest BCUT2D eigenvalue weighted by molar-refractivity contribution is 0.0635. The summed E-state index contributed by atoms with van der Waals surface area (Å²) in [5.41, 5.74) is 1.57. The van der Waals surface area contributed by atoms with Gasteiger partial charge in [-0.05, 0) is 62.4 Å². The molecule has 2 atom stereocenters. The molecule has 0 aliphatic carbocycles. The van der Waals surface area contributed by atoms with Gasteiger partial charge < -0.3 is 14.2 Å². The Labute approximate surface area is 232 Å². The van der Waals surface area contributed by atoms with Crippen LogP contribution >= 0.6 is 0 Å². The number of ether oxygens (including phenoxy) is 3. The molecular formula is C34H52O4. The van der Waals surface area contributed by atoms with E-state index in [1.54, 1.807) is 0 Å². The van der Waals surface area contributed by atoms with Crippen molar-refractivity contribution in [2.24, 2.45) is 0 Å². The summed E-state index contributed by atoms with van der Waals surface area (Å²) >= 11 is 0. The minimum absolute atomic E-state index is 0.00189. The van der Waals surface area contributed by atoms with Gasteiger partial charge in [-0.3, -0.25) is 0 Å². The van der Waals surface area contributed by atoms with Crippen molar-refractivity contribution in [1.82, 2.24) is 0 Å². The van der Waals surface area contributed by atoms with Gasteiger partial charge >= 0.3 is 5.97 Å². The van der Waals surface area contributed by atoms with E-state index in [0.717, 1.165) is 44.3 Å². The number of unbranched alkanes of at least 4 members (excludes halogenated alkanes) is 9. The van der Waals surface area contributed by atoms with Crippen LogP contribution in [-0.2, 0) is 4.74 Å². The van der Waals surface area contributed by atoms with Crippen molar-refractivity contribution in [3.8, 4) is 11.5 Å². The van der Waals surface area contributed by atoms with Gasteiger partial charge in [0, 0.05) is 6.61 Å². The van der Waals surface area contributed by atoms with Gasteiger partial charge in [-0.25, -0.2) is 4.79 Å². The summed E-state index contributed by atoms with van der Waals surface area (Å²) in [7, 11) is 0. The maximum absolute atomic E-state index is 12.9. The van der Waals surface area contributed by atoms with E-state index >= 15 is 0 Å². The van der Waals surface area contributed by atoms with E-state index in [4.69, 9.17) is 14.2 Å². The van der Waals surface area contributed by atoms with Gasteiger partial charge in [0.2, 0.25) is 0 Å². The summed E-state index contributed by atoms with van der Waals surface area (Å²) in [5.74, 6) is 0.744. The maximum Gasteiger partial charge on any atom is 0.343 e. The summed E-state index contributed by atoms with van der Waals surface area (Å²) in [4.78, 5) is 12.9. The number of carbonyl (C=O) groups excluding carboxylic acids is 1. The minimum Gasteiger partial charge on any atom is -0.487 e. The summed E-state index contributed by atoms with van der Waals surface area (Å²) in [6.45, 7) is 9.40. The van der Waals surface area contributed by atoms with Crippen LogP contribution < -0.4 is 9.47 Å². The Morgan fingerprint density at radius 3 is 1.92 bits per heavy atom. The number of benzene rings is 2. The predicted molar refractivity (Wildman–Crippen MR) is 158 cm³/mol.